The van der Waals surface area contributed by atoms with Crippen molar-refractivity contribution in [3.63, 3.8) is 0 Å². The summed E-state index contributed by atoms with van der Waals surface area (Å²) in [6, 6.07) is 12.8. The van der Waals surface area contributed by atoms with E-state index in [0.717, 1.165) is 5.56 Å². The first-order valence-electron chi connectivity index (χ1n) is 9.59. The van der Waals surface area contributed by atoms with E-state index in [9.17, 15) is 14.3 Å². The molecule has 0 amide bonds. The van der Waals surface area contributed by atoms with E-state index in [1.807, 2.05) is 0 Å². The monoisotopic (exact) mass is 451 g/mol. The molecule has 0 fully saturated rings. The smallest absolute Gasteiger partial charge is 0.277 e. The molecular formula is C22H15ClFN5O3. The van der Waals surface area contributed by atoms with Gasteiger partial charge in [-0.05, 0) is 36.4 Å². The van der Waals surface area contributed by atoms with E-state index in [1.165, 1.54) is 27.4 Å². The standard InChI is InChI=1S/C22H15ClFN5O3/c23-15-6-4-13(5-7-15)21-25-18(32-27-21)11-28-8-9-29-20(22(28)31)17(12-30)19(26-29)14-2-1-3-16(24)10-14/h1-10,30H,11-12H2. The second-order valence-electron chi connectivity index (χ2n) is 7.04. The summed E-state index contributed by atoms with van der Waals surface area (Å²) in [6.07, 6.45) is 3.11. The minimum Gasteiger partial charge on any atom is -0.392 e. The average molecular weight is 452 g/mol. The Kier molecular flexibility index (Phi) is 5.04. The molecule has 5 aromatic rings. The Balaban J connectivity index is 1.53. The molecule has 0 aliphatic heterocycles. The number of hydrogen-bond acceptors (Lipinski definition) is 6. The summed E-state index contributed by atoms with van der Waals surface area (Å²) < 4.78 is 21.7. The summed E-state index contributed by atoms with van der Waals surface area (Å²) in [5, 5.41) is 18.9. The van der Waals surface area contributed by atoms with E-state index in [2.05, 4.69) is 15.2 Å². The van der Waals surface area contributed by atoms with Gasteiger partial charge in [-0.1, -0.05) is 28.9 Å². The lowest BCUT2D eigenvalue weighted by Gasteiger charge is -2.03. The summed E-state index contributed by atoms with van der Waals surface area (Å²) in [5.41, 5.74) is 1.62. The lowest BCUT2D eigenvalue weighted by molar-refractivity contribution is 0.283. The van der Waals surface area contributed by atoms with Gasteiger partial charge in [0.1, 0.15) is 17.9 Å². The Morgan fingerprint density at radius 1 is 1.09 bits per heavy atom. The highest BCUT2D eigenvalue weighted by Gasteiger charge is 2.19. The van der Waals surface area contributed by atoms with Crippen LogP contribution in [0.3, 0.4) is 0 Å². The van der Waals surface area contributed by atoms with Gasteiger partial charge in [0, 0.05) is 34.1 Å². The molecule has 1 N–H and O–H groups in total. The Labute approximate surface area is 185 Å². The Hall–Kier alpha value is -3.82. The predicted octanol–water partition coefficient (Wildman–Crippen LogP) is 3.55. The quantitative estimate of drug-likeness (QED) is 0.439. The van der Waals surface area contributed by atoms with Gasteiger partial charge in [-0.25, -0.2) is 8.91 Å². The van der Waals surface area contributed by atoms with Crippen molar-refractivity contribution in [2.24, 2.45) is 0 Å². The molecule has 0 radical (unpaired) electrons. The first-order chi connectivity index (χ1) is 15.5. The van der Waals surface area contributed by atoms with Crippen molar-refractivity contribution in [2.45, 2.75) is 13.2 Å². The summed E-state index contributed by atoms with van der Waals surface area (Å²) in [6.45, 7) is -0.406. The van der Waals surface area contributed by atoms with Crippen LogP contribution in [0.15, 0.2) is 70.2 Å². The number of benzene rings is 2. The van der Waals surface area contributed by atoms with E-state index >= 15 is 0 Å². The van der Waals surface area contributed by atoms with Crippen LogP contribution in [-0.2, 0) is 13.2 Å². The number of aliphatic hydroxyl groups is 1. The lowest BCUT2D eigenvalue weighted by atomic mass is 10.1. The molecule has 160 valence electrons. The molecule has 0 unspecified atom stereocenters. The van der Waals surface area contributed by atoms with Crippen molar-refractivity contribution in [1.82, 2.24) is 24.3 Å². The summed E-state index contributed by atoms with van der Waals surface area (Å²) in [7, 11) is 0. The van der Waals surface area contributed by atoms with Crippen molar-refractivity contribution in [3.05, 3.63) is 93.6 Å². The number of rotatable bonds is 5. The van der Waals surface area contributed by atoms with Gasteiger partial charge in [-0.3, -0.25) is 4.79 Å². The minimum absolute atomic E-state index is 0.0290. The van der Waals surface area contributed by atoms with Crippen LogP contribution in [0.4, 0.5) is 4.39 Å². The summed E-state index contributed by atoms with van der Waals surface area (Å²) in [4.78, 5) is 17.5. The van der Waals surface area contributed by atoms with Crippen LogP contribution in [0.1, 0.15) is 11.5 Å². The molecule has 0 saturated carbocycles. The fourth-order valence-electron chi connectivity index (χ4n) is 3.47. The van der Waals surface area contributed by atoms with Crippen LogP contribution in [0.2, 0.25) is 5.02 Å². The van der Waals surface area contributed by atoms with Gasteiger partial charge in [0.05, 0.1) is 12.3 Å². The van der Waals surface area contributed by atoms with Crippen LogP contribution < -0.4 is 5.56 Å². The minimum atomic E-state index is -0.436. The van der Waals surface area contributed by atoms with Crippen molar-refractivity contribution >= 4 is 17.1 Å². The largest absolute Gasteiger partial charge is 0.392 e. The van der Waals surface area contributed by atoms with E-state index in [0.29, 0.717) is 27.7 Å². The van der Waals surface area contributed by atoms with Crippen molar-refractivity contribution < 1.29 is 14.0 Å². The molecular weight excluding hydrogens is 437 g/mol. The van der Waals surface area contributed by atoms with E-state index in [-0.39, 0.29) is 18.0 Å². The van der Waals surface area contributed by atoms with Crippen LogP contribution >= 0.6 is 11.6 Å². The van der Waals surface area contributed by atoms with Crippen LogP contribution in [0, 0.1) is 5.82 Å². The number of halogens is 2. The Morgan fingerprint density at radius 3 is 2.66 bits per heavy atom. The van der Waals surface area contributed by atoms with Gasteiger partial charge < -0.3 is 14.2 Å². The van der Waals surface area contributed by atoms with Crippen molar-refractivity contribution in [2.75, 3.05) is 0 Å². The zero-order valence-electron chi connectivity index (χ0n) is 16.4. The van der Waals surface area contributed by atoms with Gasteiger partial charge in [0.25, 0.3) is 5.56 Å². The molecule has 0 spiro atoms. The van der Waals surface area contributed by atoms with E-state index in [1.54, 1.807) is 42.6 Å². The summed E-state index contributed by atoms with van der Waals surface area (Å²) in [5.74, 6) is 0.171. The molecule has 0 bridgehead atoms. The maximum absolute atomic E-state index is 13.7. The molecule has 0 aliphatic rings. The van der Waals surface area contributed by atoms with E-state index < -0.39 is 18.0 Å². The highest BCUT2D eigenvalue weighted by atomic mass is 35.5. The second-order valence-corrected chi connectivity index (χ2v) is 7.48. The van der Waals surface area contributed by atoms with Crippen molar-refractivity contribution in [3.8, 4) is 22.6 Å². The van der Waals surface area contributed by atoms with Crippen LogP contribution in [-0.4, -0.2) is 29.4 Å². The fraction of sp³-hybridized carbons (Fsp3) is 0.0909. The maximum Gasteiger partial charge on any atom is 0.277 e. The van der Waals surface area contributed by atoms with Gasteiger partial charge in [0.2, 0.25) is 11.7 Å². The van der Waals surface area contributed by atoms with Gasteiger partial charge in [-0.15, -0.1) is 0 Å². The average Bonchev–Trinajstić information content (AvgIpc) is 3.41. The molecule has 3 aromatic heterocycles. The van der Waals surface area contributed by atoms with Gasteiger partial charge >= 0.3 is 0 Å². The number of aromatic nitrogens is 5. The normalized spacial score (nSPS) is 11.3. The Bertz CT molecular complexity index is 1490. The molecule has 10 heteroatoms. The molecule has 8 nitrogen and oxygen atoms in total. The van der Waals surface area contributed by atoms with Gasteiger partial charge in [0.15, 0.2) is 0 Å². The first kappa shape index (κ1) is 20.1. The number of hydrogen-bond donors (Lipinski definition) is 1. The third kappa shape index (κ3) is 3.57. The SMILES string of the molecule is O=c1c2c(CO)c(-c3cccc(F)c3)nn2ccn1Cc1nc(-c2ccc(Cl)cc2)no1. The molecule has 32 heavy (non-hydrogen) atoms. The zero-order valence-corrected chi connectivity index (χ0v) is 17.2. The molecule has 3 heterocycles. The highest BCUT2D eigenvalue weighted by molar-refractivity contribution is 6.30. The third-order valence-electron chi connectivity index (χ3n) is 4.99. The molecule has 0 saturated heterocycles. The number of fused-ring (bicyclic) bond motifs is 1. The molecule has 5 rings (SSSR count). The summed E-state index contributed by atoms with van der Waals surface area (Å²) >= 11 is 5.90. The van der Waals surface area contributed by atoms with E-state index in [4.69, 9.17) is 16.1 Å². The molecule has 2 aromatic carbocycles. The lowest BCUT2D eigenvalue weighted by Crippen LogP contribution is -2.22. The number of aliphatic hydroxyl groups excluding tert-OH is 1. The molecule has 0 aliphatic carbocycles. The second kappa shape index (κ2) is 8.03. The topological polar surface area (TPSA) is 98.4 Å². The highest BCUT2D eigenvalue weighted by Crippen LogP contribution is 2.25. The maximum atomic E-state index is 13.7. The predicted molar refractivity (Wildman–Crippen MR) is 115 cm³/mol. The van der Waals surface area contributed by atoms with Crippen molar-refractivity contribution in [1.29, 1.82) is 0 Å². The Morgan fingerprint density at radius 2 is 1.91 bits per heavy atom. The van der Waals surface area contributed by atoms with Crippen LogP contribution in [0.5, 0.6) is 0 Å². The van der Waals surface area contributed by atoms with Gasteiger partial charge in [-0.2, -0.15) is 10.1 Å². The number of nitrogens with zero attached hydrogens (tertiary/aromatic N) is 5. The molecule has 0 atom stereocenters. The van der Waals surface area contributed by atoms with Crippen LogP contribution in [0.25, 0.3) is 28.2 Å². The fourth-order valence-corrected chi connectivity index (χ4v) is 3.60. The zero-order chi connectivity index (χ0) is 22.2. The first-order valence-corrected chi connectivity index (χ1v) is 9.97. The third-order valence-corrected chi connectivity index (χ3v) is 5.24.